The Morgan fingerprint density at radius 2 is 1.70 bits per heavy atom. The van der Waals surface area contributed by atoms with Crippen LogP contribution in [0.15, 0.2) is 24.3 Å². The fourth-order valence-electron chi connectivity index (χ4n) is 2.41. The Labute approximate surface area is 186 Å². The molecule has 5 N–H and O–H groups in total. The van der Waals surface area contributed by atoms with Crippen molar-refractivity contribution in [3.05, 3.63) is 33.4 Å². The lowest BCUT2D eigenvalue weighted by molar-refractivity contribution is -0.142. The molecule has 30 heavy (non-hydrogen) atoms. The van der Waals surface area contributed by atoms with Crippen molar-refractivity contribution in [2.45, 2.75) is 38.1 Å². The number of carboxylic acids is 2. The molecule has 0 aliphatic rings. The van der Waals surface area contributed by atoms with Crippen molar-refractivity contribution in [2.75, 3.05) is 13.1 Å². The first-order chi connectivity index (χ1) is 14.2. The molecule has 0 radical (unpaired) electrons. The molecule has 0 aromatic heterocycles. The second kappa shape index (κ2) is 13.5. The molecule has 1 atom stereocenters. The van der Waals surface area contributed by atoms with E-state index in [1.165, 1.54) is 0 Å². The lowest BCUT2D eigenvalue weighted by atomic mass is 10.1. The van der Waals surface area contributed by atoms with E-state index < -0.39 is 29.8 Å². The first kappa shape index (κ1) is 25.3. The number of unbranched alkanes of at least 4 members (excludes halogenated alkanes) is 1. The molecule has 1 rings (SSSR count). The first-order valence-corrected chi connectivity index (χ1v) is 10.3. The van der Waals surface area contributed by atoms with Crippen LogP contribution in [0.5, 0.6) is 0 Å². The van der Waals surface area contributed by atoms with Gasteiger partial charge in [-0.15, -0.1) is 0 Å². The van der Waals surface area contributed by atoms with Crippen LogP contribution in [0.4, 0.5) is 0 Å². The van der Waals surface area contributed by atoms with Crippen LogP contribution in [-0.4, -0.2) is 59.0 Å². The van der Waals surface area contributed by atoms with Gasteiger partial charge in [0.25, 0.3) is 5.91 Å². The van der Waals surface area contributed by atoms with Crippen LogP contribution in [0.3, 0.4) is 0 Å². The van der Waals surface area contributed by atoms with E-state index in [2.05, 4.69) is 38.5 Å². The van der Waals surface area contributed by atoms with Crippen LogP contribution >= 0.6 is 22.6 Å². The average molecular weight is 533 g/mol. The molecule has 10 nitrogen and oxygen atoms in total. The molecule has 0 saturated heterocycles. The molecule has 164 valence electrons. The summed E-state index contributed by atoms with van der Waals surface area (Å²) in [6, 6.07) is 5.69. The molecule has 0 aliphatic carbocycles. The summed E-state index contributed by atoms with van der Waals surface area (Å²) >= 11 is 2.06. The summed E-state index contributed by atoms with van der Waals surface area (Å²) in [7, 11) is 0. The van der Waals surface area contributed by atoms with Gasteiger partial charge >= 0.3 is 11.9 Å². The summed E-state index contributed by atoms with van der Waals surface area (Å²) in [5, 5.41) is 25.1. The number of carbonyl (C=O) groups is 5. The first-order valence-electron chi connectivity index (χ1n) is 9.23. The van der Waals surface area contributed by atoms with Gasteiger partial charge < -0.3 is 26.2 Å². The highest BCUT2D eigenvalue weighted by molar-refractivity contribution is 14.1. The summed E-state index contributed by atoms with van der Waals surface area (Å²) in [5.74, 6) is -3.69. The molecule has 0 heterocycles. The van der Waals surface area contributed by atoms with Gasteiger partial charge in [0.05, 0.1) is 13.0 Å². The number of halogens is 1. The Balaban J connectivity index is 2.31. The number of hydrogen-bond acceptors (Lipinski definition) is 5. The third-order valence-electron chi connectivity index (χ3n) is 3.94. The lowest BCUT2D eigenvalue weighted by Gasteiger charge is -2.15. The highest BCUT2D eigenvalue weighted by atomic mass is 127. The average Bonchev–Trinajstić information content (AvgIpc) is 2.69. The second-order valence-electron chi connectivity index (χ2n) is 6.39. The van der Waals surface area contributed by atoms with E-state index in [9.17, 15) is 29.1 Å². The quantitative estimate of drug-likeness (QED) is 0.185. The van der Waals surface area contributed by atoms with Crippen molar-refractivity contribution < 1.29 is 34.2 Å². The zero-order chi connectivity index (χ0) is 22.5. The third-order valence-corrected chi connectivity index (χ3v) is 4.61. The topological polar surface area (TPSA) is 162 Å². The Kier molecular flexibility index (Phi) is 11.4. The van der Waals surface area contributed by atoms with Gasteiger partial charge in [-0.25, -0.2) is 4.79 Å². The van der Waals surface area contributed by atoms with Gasteiger partial charge in [0, 0.05) is 22.1 Å². The van der Waals surface area contributed by atoms with Crippen LogP contribution in [0.1, 0.15) is 42.5 Å². The number of amides is 3. The second-order valence-corrected chi connectivity index (χ2v) is 7.64. The van der Waals surface area contributed by atoms with Gasteiger partial charge in [-0.2, -0.15) is 0 Å². The van der Waals surface area contributed by atoms with Crippen molar-refractivity contribution in [3.8, 4) is 0 Å². The fourth-order valence-corrected chi connectivity index (χ4v) is 2.95. The van der Waals surface area contributed by atoms with Crippen molar-refractivity contribution in [1.82, 2.24) is 16.0 Å². The van der Waals surface area contributed by atoms with Crippen molar-refractivity contribution in [2.24, 2.45) is 0 Å². The molecular formula is C19H24IN3O7. The zero-order valence-electron chi connectivity index (χ0n) is 16.2. The van der Waals surface area contributed by atoms with Crippen LogP contribution < -0.4 is 16.0 Å². The monoisotopic (exact) mass is 533 g/mol. The Hall–Kier alpha value is -2.70. The molecular weight excluding hydrogens is 509 g/mol. The van der Waals surface area contributed by atoms with Crippen LogP contribution in [0.25, 0.3) is 0 Å². The molecule has 0 bridgehead atoms. The molecule has 11 heteroatoms. The molecule has 3 amide bonds. The molecule has 1 aromatic carbocycles. The van der Waals surface area contributed by atoms with Gasteiger partial charge in [0.2, 0.25) is 11.8 Å². The van der Waals surface area contributed by atoms with E-state index in [1.807, 2.05) is 6.07 Å². The Morgan fingerprint density at radius 1 is 0.967 bits per heavy atom. The minimum Gasteiger partial charge on any atom is -0.481 e. The van der Waals surface area contributed by atoms with E-state index in [4.69, 9.17) is 5.11 Å². The van der Waals surface area contributed by atoms with E-state index >= 15 is 0 Å². The van der Waals surface area contributed by atoms with Gasteiger partial charge in [0.15, 0.2) is 0 Å². The summed E-state index contributed by atoms with van der Waals surface area (Å²) in [5.41, 5.74) is 0.398. The van der Waals surface area contributed by atoms with Crippen molar-refractivity contribution in [1.29, 1.82) is 0 Å². The highest BCUT2D eigenvalue weighted by Gasteiger charge is 2.20. The Bertz CT molecular complexity index is 785. The fraction of sp³-hybridized carbons (Fsp3) is 0.421. The van der Waals surface area contributed by atoms with E-state index in [0.717, 1.165) is 3.57 Å². The summed E-state index contributed by atoms with van der Waals surface area (Å²) in [4.78, 5) is 57.1. The smallest absolute Gasteiger partial charge is 0.326 e. The highest BCUT2D eigenvalue weighted by Crippen LogP contribution is 2.07. The maximum Gasteiger partial charge on any atom is 0.326 e. The van der Waals surface area contributed by atoms with Gasteiger partial charge in [-0.1, -0.05) is 6.07 Å². The summed E-state index contributed by atoms with van der Waals surface area (Å²) in [6.45, 7) is -0.0710. The van der Waals surface area contributed by atoms with Gasteiger partial charge in [-0.05, 0) is 60.1 Å². The molecule has 0 saturated carbocycles. The summed E-state index contributed by atoms with van der Waals surface area (Å²) in [6.07, 6.45) is 0.681. The minimum absolute atomic E-state index is 0.114. The van der Waals surface area contributed by atoms with Crippen molar-refractivity contribution in [3.63, 3.8) is 0 Å². The van der Waals surface area contributed by atoms with E-state index in [0.29, 0.717) is 18.4 Å². The molecule has 0 aliphatic heterocycles. The molecule has 0 fully saturated rings. The van der Waals surface area contributed by atoms with E-state index in [1.54, 1.807) is 18.2 Å². The standard InChI is InChI=1S/C19H24IN3O7/c20-13-5-3-4-12(10-13)18(28)22-11-16(25)23-14(19(29)30)6-1-2-9-21-15(24)7-8-17(26)27/h3-5,10,14H,1-2,6-9,11H2,(H,21,24)(H,22,28)(H,23,25)(H,26,27)(H,29,30)/t14-/m0/s1. The van der Waals surface area contributed by atoms with Crippen LogP contribution in [0, 0.1) is 3.57 Å². The number of hydrogen-bond donors (Lipinski definition) is 5. The summed E-state index contributed by atoms with van der Waals surface area (Å²) < 4.78 is 0.869. The van der Waals surface area contributed by atoms with Crippen molar-refractivity contribution >= 4 is 52.3 Å². The largest absolute Gasteiger partial charge is 0.481 e. The van der Waals surface area contributed by atoms with Crippen LogP contribution in [-0.2, 0) is 19.2 Å². The minimum atomic E-state index is -1.20. The van der Waals surface area contributed by atoms with Gasteiger partial charge in [-0.3, -0.25) is 19.2 Å². The molecule has 1 aromatic rings. The van der Waals surface area contributed by atoms with E-state index in [-0.39, 0.29) is 38.3 Å². The SMILES string of the molecule is O=C(O)CCC(=O)NCCCC[C@H](NC(=O)CNC(=O)c1cccc(I)c1)C(=O)O. The molecule has 0 unspecified atom stereocenters. The lowest BCUT2D eigenvalue weighted by Crippen LogP contribution is -2.45. The maximum atomic E-state index is 12.0. The zero-order valence-corrected chi connectivity index (χ0v) is 18.3. The third kappa shape index (κ3) is 10.7. The normalized spacial score (nSPS) is 11.2. The number of benzene rings is 1. The Morgan fingerprint density at radius 3 is 2.33 bits per heavy atom. The number of carbonyl (C=O) groups excluding carboxylic acids is 3. The van der Waals surface area contributed by atoms with Gasteiger partial charge in [0.1, 0.15) is 6.04 Å². The molecule has 0 spiro atoms. The predicted octanol–water partition coefficient (Wildman–Crippen LogP) is 0.742. The number of nitrogens with one attached hydrogen (secondary N) is 3. The maximum absolute atomic E-state index is 12.0. The predicted molar refractivity (Wildman–Crippen MR) is 115 cm³/mol. The number of carboxylic acid groups (broad SMARTS) is 2. The number of aliphatic carboxylic acids is 2. The van der Waals surface area contributed by atoms with Crippen LogP contribution in [0.2, 0.25) is 0 Å². The number of rotatable bonds is 13.